The quantitative estimate of drug-likeness (QED) is 0.734. The highest BCUT2D eigenvalue weighted by Crippen LogP contribution is 2.51. The Hall–Kier alpha value is -0.770. The maximum atomic E-state index is 11.0. The molecule has 1 saturated carbocycles. The molecule has 0 amide bonds. The molecule has 2 fully saturated rings. The van der Waals surface area contributed by atoms with Gasteiger partial charge in [0, 0.05) is 11.8 Å². The number of carbonyl (C=O) groups is 1. The zero-order chi connectivity index (χ0) is 12.5. The molecule has 110 valence electrons. The molecule has 0 aromatic rings. The van der Waals surface area contributed by atoms with Crippen molar-refractivity contribution in [3.8, 4) is 0 Å². The van der Waals surface area contributed by atoms with Crippen LogP contribution in [0.2, 0.25) is 0 Å². The fourth-order valence-electron chi connectivity index (χ4n) is 2.71. The van der Waals surface area contributed by atoms with Crippen molar-refractivity contribution in [2.24, 2.45) is 23.0 Å². The van der Waals surface area contributed by atoms with E-state index in [1.165, 1.54) is 0 Å². The summed E-state index contributed by atoms with van der Waals surface area (Å²) in [7, 11) is 0. The fraction of sp³-hybridized carbons (Fsp3) is 0.929. The van der Waals surface area contributed by atoms with Gasteiger partial charge in [-0.1, -0.05) is 49.5 Å². The van der Waals surface area contributed by atoms with E-state index >= 15 is 0 Å². The lowest BCUT2D eigenvalue weighted by atomic mass is 9.58. The molecule has 0 spiro atoms. The van der Waals surface area contributed by atoms with Gasteiger partial charge in [0.25, 0.3) is 0 Å². The molecular formula is C14H31NO3. The van der Waals surface area contributed by atoms with Gasteiger partial charge in [-0.2, -0.15) is 0 Å². The topological polar surface area (TPSA) is 61.5 Å². The van der Waals surface area contributed by atoms with Gasteiger partial charge in [-0.3, -0.25) is 0 Å². The summed E-state index contributed by atoms with van der Waals surface area (Å²) in [6, 6.07) is 0. The molecule has 1 heterocycles. The molecule has 0 aromatic heterocycles. The average Bonchev–Trinajstić information content (AvgIpc) is 2.48. The molecule has 0 aromatic carbocycles. The van der Waals surface area contributed by atoms with Crippen molar-refractivity contribution in [3.63, 3.8) is 0 Å². The highest BCUT2D eigenvalue weighted by atomic mass is 16.8. The van der Waals surface area contributed by atoms with Gasteiger partial charge in [-0.25, -0.2) is 4.79 Å². The van der Waals surface area contributed by atoms with E-state index in [1.807, 2.05) is 13.8 Å². The molecular weight excluding hydrogens is 230 g/mol. The van der Waals surface area contributed by atoms with Crippen LogP contribution in [-0.2, 0) is 9.47 Å². The number of carbonyl (C=O) groups excluding carboxylic acids is 1. The van der Waals surface area contributed by atoms with Gasteiger partial charge >= 0.3 is 6.16 Å². The third kappa shape index (κ3) is 3.16. The van der Waals surface area contributed by atoms with Crippen LogP contribution in [-0.4, -0.2) is 24.9 Å². The van der Waals surface area contributed by atoms with E-state index in [-0.39, 0.29) is 38.4 Å². The number of rotatable bonds is 1. The second-order valence-corrected chi connectivity index (χ2v) is 5.21. The summed E-state index contributed by atoms with van der Waals surface area (Å²) in [6.07, 6.45) is -0.710. The summed E-state index contributed by atoms with van der Waals surface area (Å²) in [5.74, 6) is 0.579. The van der Waals surface area contributed by atoms with Crippen LogP contribution in [0.3, 0.4) is 0 Å². The molecule has 4 unspecified atom stereocenters. The van der Waals surface area contributed by atoms with Gasteiger partial charge < -0.3 is 15.2 Å². The standard InChI is InChI=1S/C10H17NO3.C2H6.2CH4/c1-10(2,3)6-5(4-11)7-8(6)14-9(12)13-7;1-2;;/h5-8H,4,11H2,1-3H3;1-2H3;2*1H4. The van der Waals surface area contributed by atoms with Crippen LogP contribution >= 0.6 is 0 Å². The Morgan fingerprint density at radius 1 is 1.11 bits per heavy atom. The predicted molar refractivity (Wildman–Crippen MR) is 75.4 cm³/mol. The number of fused-ring (bicyclic) bond motifs is 1. The molecule has 18 heavy (non-hydrogen) atoms. The van der Waals surface area contributed by atoms with Crippen molar-refractivity contribution in [1.29, 1.82) is 0 Å². The van der Waals surface area contributed by atoms with Crippen LogP contribution in [0, 0.1) is 17.3 Å². The first kappa shape index (κ1) is 19.6. The summed E-state index contributed by atoms with van der Waals surface area (Å²) in [4.78, 5) is 11.0. The minimum atomic E-state index is -0.537. The van der Waals surface area contributed by atoms with Gasteiger partial charge in [-0.15, -0.1) is 0 Å². The zero-order valence-electron chi connectivity index (χ0n) is 10.8. The number of hydrogen-bond donors (Lipinski definition) is 1. The first-order valence-corrected chi connectivity index (χ1v) is 6.02. The highest BCUT2D eigenvalue weighted by Gasteiger charge is 2.62. The zero-order valence-corrected chi connectivity index (χ0v) is 10.8. The van der Waals surface area contributed by atoms with E-state index in [4.69, 9.17) is 15.2 Å². The number of hydrogen-bond acceptors (Lipinski definition) is 4. The van der Waals surface area contributed by atoms with Crippen LogP contribution in [0.4, 0.5) is 4.79 Å². The van der Waals surface area contributed by atoms with E-state index in [0.29, 0.717) is 12.5 Å². The van der Waals surface area contributed by atoms with E-state index in [9.17, 15) is 4.79 Å². The molecule has 1 saturated heterocycles. The van der Waals surface area contributed by atoms with Crippen LogP contribution in [0.1, 0.15) is 49.5 Å². The molecule has 1 aliphatic carbocycles. The lowest BCUT2D eigenvalue weighted by molar-refractivity contribution is -0.117. The Kier molecular flexibility index (Phi) is 7.58. The lowest BCUT2D eigenvalue weighted by Gasteiger charge is -2.50. The molecule has 4 atom stereocenters. The molecule has 1 aliphatic heterocycles. The normalized spacial score (nSPS) is 32.2. The van der Waals surface area contributed by atoms with Crippen LogP contribution in [0.15, 0.2) is 0 Å². The minimum absolute atomic E-state index is 0. The van der Waals surface area contributed by atoms with E-state index in [0.717, 1.165) is 0 Å². The Bertz CT molecular complexity index is 260. The summed E-state index contributed by atoms with van der Waals surface area (Å²) >= 11 is 0. The van der Waals surface area contributed by atoms with E-state index in [2.05, 4.69) is 20.8 Å². The van der Waals surface area contributed by atoms with Gasteiger partial charge in [-0.05, 0) is 12.0 Å². The minimum Gasteiger partial charge on any atom is -0.427 e. The van der Waals surface area contributed by atoms with E-state index < -0.39 is 6.16 Å². The van der Waals surface area contributed by atoms with Crippen molar-refractivity contribution in [3.05, 3.63) is 0 Å². The Balaban J connectivity index is 0. The summed E-state index contributed by atoms with van der Waals surface area (Å²) < 4.78 is 10.2. The summed E-state index contributed by atoms with van der Waals surface area (Å²) in [6.45, 7) is 11.0. The molecule has 2 aliphatic rings. The summed E-state index contributed by atoms with van der Waals surface area (Å²) in [5.41, 5.74) is 5.79. The smallest absolute Gasteiger partial charge is 0.427 e. The predicted octanol–water partition coefficient (Wildman–Crippen LogP) is 3.44. The maximum absolute atomic E-state index is 11.0. The van der Waals surface area contributed by atoms with Crippen LogP contribution in [0.5, 0.6) is 0 Å². The summed E-state index contributed by atoms with van der Waals surface area (Å²) in [5, 5.41) is 0. The molecule has 4 nitrogen and oxygen atoms in total. The first-order valence-electron chi connectivity index (χ1n) is 6.02. The number of nitrogens with two attached hydrogens (primary N) is 1. The van der Waals surface area contributed by atoms with Gasteiger partial charge in [0.05, 0.1) is 0 Å². The molecule has 2 N–H and O–H groups in total. The maximum Gasteiger partial charge on any atom is 0.509 e. The second kappa shape index (κ2) is 6.98. The Morgan fingerprint density at radius 2 is 1.56 bits per heavy atom. The van der Waals surface area contributed by atoms with Crippen molar-refractivity contribution in [2.45, 2.75) is 61.7 Å². The molecule has 4 heteroatoms. The van der Waals surface area contributed by atoms with Crippen molar-refractivity contribution in [1.82, 2.24) is 0 Å². The van der Waals surface area contributed by atoms with E-state index in [1.54, 1.807) is 0 Å². The fourth-order valence-corrected chi connectivity index (χ4v) is 2.71. The largest absolute Gasteiger partial charge is 0.509 e. The first-order chi connectivity index (χ1) is 7.45. The Morgan fingerprint density at radius 3 is 1.94 bits per heavy atom. The van der Waals surface area contributed by atoms with Crippen molar-refractivity contribution in [2.75, 3.05) is 6.54 Å². The third-order valence-corrected chi connectivity index (χ3v) is 3.30. The monoisotopic (exact) mass is 261 g/mol. The van der Waals surface area contributed by atoms with Crippen LogP contribution in [0.25, 0.3) is 0 Å². The number of ether oxygens (including phenoxy) is 2. The van der Waals surface area contributed by atoms with Gasteiger partial charge in [0.15, 0.2) is 0 Å². The van der Waals surface area contributed by atoms with Crippen molar-refractivity contribution < 1.29 is 14.3 Å². The third-order valence-electron chi connectivity index (χ3n) is 3.30. The van der Waals surface area contributed by atoms with Crippen molar-refractivity contribution >= 4 is 6.16 Å². The highest BCUT2D eigenvalue weighted by molar-refractivity contribution is 5.63. The average molecular weight is 261 g/mol. The SMILES string of the molecule is C.C.CC.CC(C)(C)C1C(CN)C2OC(=O)OC21. The molecule has 0 bridgehead atoms. The molecule has 0 radical (unpaired) electrons. The van der Waals surface area contributed by atoms with Gasteiger partial charge in [0.2, 0.25) is 0 Å². The Labute approximate surface area is 112 Å². The molecule has 2 rings (SSSR count). The lowest BCUT2D eigenvalue weighted by Crippen LogP contribution is -2.60. The van der Waals surface area contributed by atoms with Crippen LogP contribution < -0.4 is 5.73 Å². The second-order valence-electron chi connectivity index (χ2n) is 5.21. The van der Waals surface area contributed by atoms with Gasteiger partial charge in [0.1, 0.15) is 12.2 Å².